The lowest BCUT2D eigenvalue weighted by Crippen LogP contribution is -2.44. The maximum absolute atomic E-state index is 12.9. The Morgan fingerprint density at radius 3 is 2.46 bits per heavy atom. The van der Waals surface area contributed by atoms with Crippen molar-refractivity contribution in [1.29, 1.82) is 0 Å². The van der Waals surface area contributed by atoms with Gasteiger partial charge in [0, 0.05) is 23.7 Å². The van der Waals surface area contributed by atoms with Gasteiger partial charge < -0.3 is 19.5 Å². The first-order valence-electron chi connectivity index (χ1n) is 8.17. The summed E-state index contributed by atoms with van der Waals surface area (Å²) in [5, 5.41) is 10.2. The molecule has 2 aromatic carbocycles. The molecule has 0 radical (unpaired) electrons. The number of phenolic OH excluding ortho intramolecular Hbond substituents is 1. The Hall–Kier alpha value is -2.57. The highest BCUT2D eigenvalue weighted by Gasteiger charge is 2.31. The number of rotatable bonds is 4. The molecular formula is C19H18ClNO5. The summed E-state index contributed by atoms with van der Waals surface area (Å²) in [5.74, 6) is -1.41. The van der Waals surface area contributed by atoms with Gasteiger partial charge in [-0.05, 0) is 18.2 Å². The van der Waals surface area contributed by atoms with Crippen molar-refractivity contribution in [2.24, 2.45) is 0 Å². The first kappa shape index (κ1) is 18.2. The Morgan fingerprint density at radius 1 is 1.12 bits per heavy atom. The zero-order valence-corrected chi connectivity index (χ0v) is 14.7. The van der Waals surface area contributed by atoms with Crippen LogP contribution in [0.2, 0.25) is 5.02 Å². The van der Waals surface area contributed by atoms with E-state index in [4.69, 9.17) is 21.1 Å². The number of hydrogen-bond donors (Lipinski definition) is 1. The lowest BCUT2D eigenvalue weighted by atomic mass is 10.1. The van der Waals surface area contributed by atoms with E-state index in [1.807, 2.05) is 6.07 Å². The topological polar surface area (TPSA) is 76.1 Å². The number of ether oxygens (including phenoxy) is 2. The molecule has 6 nitrogen and oxygen atoms in total. The van der Waals surface area contributed by atoms with Crippen LogP contribution in [0.1, 0.15) is 22.0 Å². The summed E-state index contributed by atoms with van der Waals surface area (Å²) in [4.78, 5) is 27.0. The van der Waals surface area contributed by atoms with Gasteiger partial charge in [0.2, 0.25) is 6.10 Å². The molecule has 1 amide bonds. The largest absolute Gasteiger partial charge is 0.507 e. The third kappa shape index (κ3) is 4.15. The van der Waals surface area contributed by atoms with Gasteiger partial charge in [-0.2, -0.15) is 0 Å². The molecule has 2 aromatic rings. The molecule has 3 rings (SSSR count). The van der Waals surface area contributed by atoms with Gasteiger partial charge in [-0.25, -0.2) is 4.79 Å². The maximum atomic E-state index is 12.9. The highest BCUT2D eigenvalue weighted by Crippen LogP contribution is 2.27. The number of aromatic hydroxyl groups is 1. The zero-order chi connectivity index (χ0) is 18.5. The summed E-state index contributed by atoms with van der Waals surface area (Å²) >= 11 is 5.79. The van der Waals surface area contributed by atoms with Gasteiger partial charge in [0.25, 0.3) is 5.91 Å². The van der Waals surface area contributed by atoms with Crippen LogP contribution in [0.25, 0.3) is 0 Å². The van der Waals surface area contributed by atoms with Gasteiger partial charge in [-0.15, -0.1) is 0 Å². The molecule has 136 valence electrons. The summed E-state index contributed by atoms with van der Waals surface area (Å²) in [7, 11) is 0. The molecule has 1 aliphatic heterocycles. The minimum atomic E-state index is -1.10. The van der Waals surface area contributed by atoms with Crippen molar-refractivity contribution in [3.63, 3.8) is 0 Å². The van der Waals surface area contributed by atoms with E-state index in [1.165, 1.54) is 18.2 Å². The van der Waals surface area contributed by atoms with Crippen LogP contribution in [0.4, 0.5) is 0 Å². The van der Waals surface area contributed by atoms with Crippen molar-refractivity contribution in [3.05, 3.63) is 64.7 Å². The van der Waals surface area contributed by atoms with Crippen LogP contribution < -0.4 is 0 Å². The van der Waals surface area contributed by atoms with Crippen molar-refractivity contribution >= 4 is 23.5 Å². The molecule has 26 heavy (non-hydrogen) atoms. The molecule has 1 fully saturated rings. The summed E-state index contributed by atoms with van der Waals surface area (Å²) in [5.41, 5.74) is 0.510. The zero-order valence-electron chi connectivity index (χ0n) is 13.9. The molecule has 0 aliphatic carbocycles. The Bertz CT molecular complexity index is 790. The monoisotopic (exact) mass is 375 g/mol. The maximum Gasteiger partial charge on any atom is 0.343 e. The third-order valence-corrected chi connectivity index (χ3v) is 4.29. The van der Waals surface area contributed by atoms with Gasteiger partial charge in [0.05, 0.1) is 13.2 Å². The normalized spacial score (nSPS) is 15.3. The number of carbonyl (C=O) groups is 2. The highest BCUT2D eigenvalue weighted by atomic mass is 35.5. The average Bonchev–Trinajstić information content (AvgIpc) is 2.67. The van der Waals surface area contributed by atoms with E-state index in [2.05, 4.69) is 0 Å². The van der Waals surface area contributed by atoms with E-state index in [9.17, 15) is 14.7 Å². The lowest BCUT2D eigenvalue weighted by Gasteiger charge is -2.30. The summed E-state index contributed by atoms with van der Waals surface area (Å²) < 4.78 is 10.7. The number of hydrogen-bond acceptors (Lipinski definition) is 5. The minimum Gasteiger partial charge on any atom is -0.507 e. The second-order valence-electron chi connectivity index (χ2n) is 5.80. The summed E-state index contributed by atoms with van der Waals surface area (Å²) in [6.45, 7) is 1.76. The summed E-state index contributed by atoms with van der Waals surface area (Å²) in [6, 6.07) is 12.9. The molecule has 0 aromatic heterocycles. The molecule has 0 saturated carbocycles. The predicted octanol–water partition coefficient (Wildman–Crippen LogP) is 2.80. The molecule has 1 aliphatic rings. The van der Waals surface area contributed by atoms with Gasteiger partial charge in [0.1, 0.15) is 11.3 Å². The molecular weight excluding hydrogens is 358 g/mol. The average molecular weight is 376 g/mol. The third-order valence-electron chi connectivity index (χ3n) is 4.05. The van der Waals surface area contributed by atoms with E-state index in [1.54, 1.807) is 29.2 Å². The number of amides is 1. The SMILES string of the molecule is O=C(O[C@@H](C(=O)N1CCOCC1)c1ccccc1)c1ccc(Cl)cc1O. The molecule has 1 N–H and O–H groups in total. The molecule has 7 heteroatoms. The van der Waals surface area contributed by atoms with E-state index in [-0.39, 0.29) is 17.2 Å². The second-order valence-corrected chi connectivity index (χ2v) is 6.23. The van der Waals surface area contributed by atoms with Crippen molar-refractivity contribution in [2.45, 2.75) is 6.10 Å². The standard InChI is InChI=1S/C19H18ClNO5/c20-14-6-7-15(16(22)12-14)19(24)26-17(13-4-2-1-3-5-13)18(23)21-8-10-25-11-9-21/h1-7,12,17,22H,8-11H2/t17-/m1/s1. The fourth-order valence-corrected chi connectivity index (χ4v) is 2.85. The Balaban J connectivity index is 1.85. The van der Waals surface area contributed by atoms with Gasteiger partial charge in [-0.3, -0.25) is 4.79 Å². The number of nitrogens with zero attached hydrogens (tertiary/aromatic N) is 1. The van der Waals surface area contributed by atoms with Crippen LogP contribution in [0, 0.1) is 0 Å². The van der Waals surface area contributed by atoms with E-state index in [0.717, 1.165) is 0 Å². The highest BCUT2D eigenvalue weighted by molar-refractivity contribution is 6.30. The first-order valence-corrected chi connectivity index (χ1v) is 8.55. The van der Waals surface area contributed by atoms with Crippen molar-refractivity contribution < 1.29 is 24.2 Å². The Labute approximate surface area is 155 Å². The minimum absolute atomic E-state index is 0.0508. The van der Waals surface area contributed by atoms with Gasteiger partial charge in [0.15, 0.2) is 0 Å². The molecule has 0 bridgehead atoms. The van der Waals surface area contributed by atoms with Crippen LogP contribution in [-0.4, -0.2) is 48.2 Å². The van der Waals surface area contributed by atoms with Crippen molar-refractivity contribution in [3.8, 4) is 5.75 Å². The van der Waals surface area contributed by atoms with Gasteiger partial charge in [-0.1, -0.05) is 41.9 Å². The van der Waals surface area contributed by atoms with Crippen LogP contribution >= 0.6 is 11.6 Å². The van der Waals surface area contributed by atoms with Crippen molar-refractivity contribution in [1.82, 2.24) is 4.90 Å². The molecule has 1 saturated heterocycles. The molecule has 1 heterocycles. The van der Waals surface area contributed by atoms with Gasteiger partial charge >= 0.3 is 5.97 Å². The number of morpholine rings is 1. The smallest absolute Gasteiger partial charge is 0.343 e. The quantitative estimate of drug-likeness (QED) is 0.831. The van der Waals surface area contributed by atoms with Crippen LogP contribution in [0.5, 0.6) is 5.75 Å². The Morgan fingerprint density at radius 2 is 1.81 bits per heavy atom. The number of carbonyl (C=O) groups excluding carboxylic acids is 2. The van der Waals surface area contributed by atoms with Crippen LogP contribution in [0.15, 0.2) is 48.5 Å². The Kier molecular flexibility index (Phi) is 5.75. The van der Waals surface area contributed by atoms with E-state index >= 15 is 0 Å². The molecule has 0 spiro atoms. The fourth-order valence-electron chi connectivity index (χ4n) is 2.69. The van der Waals surface area contributed by atoms with E-state index < -0.39 is 12.1 Å². The second kappa shape index (κ2) is 8.21. The number of phenols is 1. The first-order chi connectivity index (χ1) is 12.6. The van der Waals surface area contributed by atoms with Crippen LogP contribution in [-0.2, 0) is 14.3 Å². The van der Waals surface area contributed by atoms with Crippen molar-refractivity contribution in [2.75, 3.05) is 26.3 Å². The number of benzene rings is 2. The van der Waals surface area contributed by atoms with Crippen LogP contribution in [0.3, 0.4) is 0 Å². The summed E-state index contributed by atoms with van der Waals surface area (Å²) in [6.07, 6.45) is -1.10. The fraction of sp³-hybridized carbons (Fsp3) is 0.263. The molecule has 1 atom stereocenters. The lowest BCUT2D eigenvalue weighted by molar-refractivity contribution is -0.145. The van der Waals surface area contributed by atoms with E-state index in [0.29, 0.717) is 36.9 Å². The molecule has 0 unspecified atom stereocenters. The predicted molar refractivity (Wildman–Crippen MR) is 95.1 cm³/mol. The number of halogens is 1. The number of esters is 1.